The van der Waals surface area contributed by atoms with Crippen molar-refractivity contribution in [2.24, 2.45) is 0 Å². The van der Waals surface area contributed by atoms with E-state index in [4.69, 9.17) is 26.6 Å². The molecule has 0 fully saturated rings. The minimum atomic E-state index is -2.87. The molecule has 0 atom stereocenters. The average Bonchev–Trinajstić information content (AvgIpc) is 2.79. The second kappa shape index (κ2) is 12.5. The summed E-state index contributed by atoms with van der Waals surface area (Å²) in [6, 6.07) is 0.774. The lowest BCUT2D eigenvalue weighted by molar-refractivity contribution is 0.122. The molecule has 32 heavy (non-hydrogen) atoms. The van der Waals surface area contributed by atoms with Gasteiger partial charge in [-0.15, -0.1) is 0 Å². The van der Waals surface area contributed by atoms with Gasteiger partial charge in [0.05, 0.1) is 0 Å². The summed E-state index contributed by atoms with van der Waals surface area (Å²) in [5.74, 6) is 0. The first kappa shape index (κ1) is 28.4. The van der Waals surface area contributed by atoms with Gasteiger partial charge in [0.1, 0.15) is 0 Å². The fourth-order valence-electron chi connectivity index (χ4n) is 3.36. The third kappa shape index (κ3) is 6.23. The second-order valence-corrected chi connectivity index (χ2v) is 13.2. The molecule has 0 aliphatic rings. The lowest BCUT2D eigenvalue weighted by Crippen LogP contribution is -2.54. The maximum absolute atomic E-state index is 13.0. The van der Waals surface area contributed by atoms with Crippen molar-refractivity contribution < 1.29 is 26.6 Å². The summed E-state index contributed by atoms with van der Waals surface area (Å²) in [6.07, 6.45) is 0.747. The zero-order chi connectivity index (χ0) is 24.5. The van der Waals surface area contributed by atoms with Crippen molar-refractivity contribution in [2.45, 2.75) is 44.9 Å². The predicted octanol–water partition coefficient (Wildman–Crippen LogP) is 0.199. The molecule has 184 valence electrons. The number of nitrogens with zero attached hydrogens (tertiary/aromatic N) is 3. The zero-order valence-electron chi connectivity index (χ0n) is 20.0. The quantitative estimate of drug-likeness (QED) is 0.315. The van der Waals surface area contributed by atoms with Crippen LogP contribution in [-0.4, -0.2) is 74.0 Å². The van der Waals surface area contributed by atoms with Crippen LogP contribution in [0.25, 0.3) is 5.70 Å². The highest BCUT2D eigenvalue weighted by Gasteiger charge is 2.38. The second-order valence-electron chi connectivity index (χ2n) is 7.02. The third-order valence-electron chi connectivity index (χ3n) is 5.28. The maximum atomic E-state index is 13.0. The normalized spacial score (nSPS) is 12.3. The molecule has 1 aromatic heterocycles. The molecule has 0 saturated carbocycles. The Kier molecular flexibility index (Phi) is 11.1. The Balaban J connectivity index is 3.27. The molecule has 1 aromatic rings. The molecule has 14 heteroatoms. The molecule has 0 bridgehead atoms. The molecule has 0 aliphatic heterocycles. The molecular formula is C18H35N3O9Si2. The van der Waals surface area contributed by atoms with E-state index in [1.165, 1.54) is 49.6 Å². The van der Waals surface area contributed by atoms with E-state index in [9.17, 15) is 14.4 Å². The Morgan fingerprint density at radius 2 is 1.00 bits per heavy atom. The van der Waals surface area contributed by atoms with E-state index in [1.807, 2.05) is 0 Å². The summed E-state index contributed by atoms with van der Waals surface area (Å²) in [7, 11) is 3.20. The standard InChI is InChI=1S/C18H35N3O9Si2/c1-15(2)21-17(23)19(11-9-13-31(25-3,26-4)27-5)16(22)20(18(21)24)12-10-14-32(28-6,29-7)30-8/h1,9-14H2,2-8H3. The Morgan fingerprint density at radius 1 is 0.688 bits per heavy atom. The number of hydrogen-bond donors (Lipinski definition) is 0. The molecule has 1 heterocycles. The van der Waals surface area contributed by atoms with Crippen molar-refractivity contribution in [3.05, 3.63) is 38.0 Å². The van der Waals surface area contributed by atoms with Gasteiger partial charge in [-0.1, -0.05) is 6.58 Å². The van der Waals surface area contributed by atoms with Crippen LogP contribution in [0.4, 0.5) is 0 Å². The highest BCUT2D eigenvalue weighted by molar-refractivity contribution is 6.60. The van der Waals surface area contributed by atoms with E-state index in [-0.39, 0.29) is 18.8 Å². The van der Waals surface area contributed by atoms with E-state index in [1.54, 1.807) is 0 Å². The van der Waals surface area contributed by atoms with Crippen molar-refractivity contribution in [1.29, 1.82) is 0 Å². The molecule has 0 aliphatic carbocycles. The van der Waals surface area contributed by atoms with Crippen molar-refractivity contribution in [2.75, 3.05) is 42.7 Å². The van der Waals surface area contributed by atoms with Crippen LogP contribution in [0.3, 0.4) is 0 Å². The van der Waals surface area contributed by atoms with E-state index >= 15 is 0 Å². The average molecular weight is 494 g/mol. The number of aromatic nitrogens is 3. The predicted molar refractivity (Wildman–Crippen MR) is 123 cm³/mol. The topological polar surface area (TPSA) is 121 Å². The van der Waals surface area contributed by atoms with Gasteiger partial charge < -0.3 is 26.6 Å². The van der Waals surface area contributed by atoms with Crippen LogP contribution in [0.1, 0.15) is 19.8 Å². The number of hydrogen-bond acceptors (Lipinski definition) is 9. The highest BCUT2D eigenvalue weighted by atomic mass is 28.4. The fraction of sp³-hybridized carbons (Fsp3) is 0.722. The maximum Gasteiger partial charge on any atom is 0.500 e. The van der Waals surface area contributed by atoms with Crippen LogP contribution in [0.5, 0.6) is 0 Å². The summed E-state index contributed by atoms with van der Waals surface area (Å²) in [5, 5.41) is 0. The minimum absolute atomic E-state index is 0.0585. The lowest BCUT2D eigenvalue weighted by Gasteiger charge is -2.24. The Morgan fingerprint density at radius 3 is 1.25 bits per heavy atom. The van der Waals surface area contributed by atoms with E-state index in [2.05, 4.69) is 6.58 Å². The van der Waals surface area contributed by atoms with Gasteiger partial charge in [0, 0.05) is 73.5 Å². The zero-order valence-corrected chi connectivity index (χ0v) is 22.0. The molecule has 0 radical (unpaired) electrons. The first-order chi connectivity index (χ1) is 15.1. The van der Waals surface area contributed by atoms with Crippen LogP contribution in [0.15, 0.2) is 21.0 Å². The summed E-state index contributed by atoms with van der Waals surface area (Å²) in [4.78, 5) is 38.7. The highest BCUT2D eigenvalue weighted by Crippen LogP contribution is 2.16. The molecule has 1 rings (SSSR count). The SMILES string of the molecule is C=C(C)n1c(=O)n(CCC[Si](OC)(OC)OC)c(=O)n(CCC[Si](OC)(OC)OC)c1=O. The van der Waals surface area contributed by atoms with Crippen LogP contribution in [0, 0.1) is 0 Å². The van der Waals surface area contributed by atoms with Crippen LogP contribution >= 0.6 is 0 Å². The van der Waals surface area contributed by atoms with E-state index < -0.39 is 34.7 Å². The molecular weight excluding hydrogens is 458 g/mol. The van der Waals surface area contributed by atoms with Crippen LogP contribution in [0.2, 0.25) is 12.1 Å². The van der Waals surface area contributed by atoms with E-state index in [0.717, 1.165) is 13.7 Å². The lowest BCUT2D eigenvalue weighted by atomic mass is 10.4. The Labute approximate surface area is 189 Å². The largest absolute Gasteiger partial charge is 0.500 e. The molecule has 0 aromatic carbocycles. The third-order valence-corrected chi connectivity index (χ3v) is 10.9. The smallest absolute Gasteiger partial charge is 0.377 e. The van der Waals surface area contributed by atoms with Gasteiger partial charge in [-0.2, -0.15) is 0 Å². The first-order valence-electron chi connectivity index (χ1n) is 10.0. The molecule has 0 spiro atoms. The van der Waals surface area contributed by atoms with Gasteiger partial charge in [-0.05, 0) is 19.8 Å². The summed E-state index contributed by atoms with van der Waals surface area (Å²) in [5.41, 5.74) is -1.96. The molecule has 0 amide bonds. The monoisotopic (exact) mass is 493 g/mol. The van der Waals surface area contributed by atoms with Gasteiger partial charge in [-0.25, -0.2) is 28.1 Å². The Bertz CT molecular complexity index is 852. The van der Waals surface area contributed by atoms with Gasteiger partial charge in [0.25, 0.3) is 0 Å². The van der Waals surface area contributed by atoms with Crippen LogP contribution in [-0.2, 0) is 39.6 Å². The van der Waals surface area contributed by atoms with Gasteiger partial charge in [0.15, 0.2) is 0 Å². The summed E-state index contributed by atoms with van der Waals surface area (Å²) < 4.78 is 35.2. The fourth-order valence-corrected chi connectivity index (χ4v) is 6.77. The van der Waals surface area contributed by atoms with Crippen molar-refractivity contribution in [3.63, 3.8) is 0 Å². The van der Waals surface area contributed by atoms with Crippen molar-refractivity contribution >= 4 is 23.3 Å². The summed E-state index contributed by atoms with van der Waals surface area (Å²) in [6.45, 7) is 5.35. The van der Waals surface area contributed by atoms with Gasteiger partial charge in [-0.3, -0.25) is 0 Å². The summed E-state index contributed by atoms with van der Waals surface area (Å²) >= 11 is 0. The first-order valence-corrected chi connectivity index (χ1v) is 13.9. The van der Waals surface area contributed by atoms with Gasteiger partial charge >= 0.3 is 34.7 Å². The van der Waals surface area contributed by atoms with Gasteiger partial charge in [0.2, 0.25) is 0 Å². The molecule has 0 saturated heterocycles. The molecule has 0 N–H and O–H groups in total. The number of allylic oxidation sites excluding steroid dienone is 1. The van der Waals surface area contributed by atoms with Crippen LogP contribution < -0.4 is 17.1 Å². The molecule has 0 unspecified atom stereocenters. The molecule has 12 nitrogen and oxygen atoms in total. The van der Waals surface area contributed by atoms with Crippen molar-refractivity contribution in [3.8, 4) is 0 Å². The minimum Gasteiger partial charge on any atom is -0.377 e. The van der Waals surface area contributed by atoms with Crippen molar-refractivity contribution in [1.82, 2.24) is 13.7 Å². The number of rotatable bonds is 15. The van der Waals surface area contributed by atoms with E-state index in [0.29, 0.717) is 24.9 Å². The Hall–Kier alpha value is -1.66.